The van der Waals surface area contributed by atoms with E-state index in [0.717, 1.165) is 5.56 Å². The topological polar surface area (TPSA) is 66.4 Å². The highest BCUT2D eigenvalue weighted by atomic mass is 35.5. The Morgan fingerprint density at radius 3 is 2.67 bits per heavy atom. The molecule has 0 heterocycles. The molecule has 0 aliphatic rings. The smallest absolute Gasteiger partial charge is 0.303 e. The van der Waals surface area contributed by atoms with Crippen molar-refractivity contribution in [2.75, 3.05) is 6.54 Å². The van der Waals surface area contributed by atoms with Gasteiger partial charge in [0, 0.05) is 13.0 Å². The van der Waals surface area contributed by atoms with Crippen molar-refractivity contribution in [1.29, 1.82) is 0 Å². The Morgan fingerprint density at radius 1 is 1.33 bits per heavy atom. The summed E-state index contributed by atoms with van der Waals surface area (Å²) in [5.41, 5.74) is 1.44. The number of aliphatic carboxylic acids is 1. The molecular formula is C13H16ClNO3. The van der Waals surface area contributed by atoms with Crippen molar-refractivity contribution in [3.8, 4) is 0 Å². The number of amides is 1. The van der Waals surface area contributed by atoms with Gasteiger partial charge in [-0.3, -0.25) is 9.59 Å². The van der Waals surface area contributed by atoms with Crippen LogP contribution in [0, 0.1) is 6.92 Å². The summed E-state index contributed by atoms with van der Waals surface area (Å²) >= 11 is 5.97. The second kappa shape index (κ2) is 7.01. The van der Waals surface area contributed by atoms with Gasteiger partial charge < -0.3 is 10.4 Å². The first-order chi connectivity index (χ1) is 8.50. The van der Waals surface area contributed by atoms with Crippen molar-refractivity contribution >= 4 is 23.5 Å². The van der Waals surface area contributed by atoms with E-state index < -0.39 is 5.97 Å². The Kier molecular flexibility index (Phi) is 5.65. The first-order valence-electron chi connectivity index (χ1n) is 5.77. The van der Waals surface area contributed by atoms with Crippen molar-refractivity contribution in [1.82, 2.24) is 5.32 Å². The molecule has 4 nitrogen and oxygen atoms in total. The highest BCUT2D eigenvalue weighted by Gasteiger charge is 2.09. The molecule has 1 amide bonds. The quantitative estimate of drug-likeness (QED) is 0.780. The first kappa shape index (κ1) is 14.5. The number of nitrogens with one attached hydrogen (secondary N) is 1. The van der Waals surface area contributed by atoms with E-state index in [1.807, 2.05) is 13.0 Å². The fraction of sp³-hybridized carbons (Fsp3) is 0.385. The van der Waals surface area contributed by atoms with Gasteiger partial charge in [0.15, 0.2) is 0 Å². The van der Waals surface area contributed by atoms with Gasteiger partial charge >= 0.3 is 5.97 Å². The minimum absolute atomic E-state index is 0.126. The standard InChI is InChI=1S/C13H16ClNO3/c1-9-5-6-10(11(14)8-9)13(18)15-7-3-2-4-12(16)17/h5-6,8H,2-4,7H2,1H3,(H,15,18)(H,16,17). The number of carbonyl (C=O) groups is 2. The molecule has 0 unspecified atom stereocenters. The van der Waals surface area contributed by atoms with Crippen molar-refractivity contribution < 1.29 is 14.7 Å². The highest BCUT2D eigenvalue weighted by Crippen LogP contribution is 2.17. The molecule has 98 valence electrons. The average Bonchev–Trinajstić information content (AvgIpc) is 2.27. The molecule has 18 heavy (non-hydrogen) atoms. The van der Waals surface area contributed by atoms with Gasteiger partial charge in [0.25, 0.3) is 5.91 Å². The van der Waals surface area contributed by atoms with Gasteiger partial charge in [0.1, 0.15) is 0 Å². The summed E-state index contributed by atoms with van der Waals surface area (Å²) in [4.78, 5) is 22.1. The molecule has 1 aromatic rings. The molecule has 2 N–H and O–H groups in total. The lowest BCUT2D eigenvalue weighted by Gasteiger charge is -2.06. The van der Waals surface area contributed by atoms with E-state index in [4.69, 9.17) is 16.7 Å². The van der Waals surface area contributed by atoms with Crippen molar-refractivity contribution in [3.63, 3.8) is 0 Å². The van der Waals surface area contributed by atoms with E-state index in [1.54, 1.807) is 12.1 Å². The number of hydrogen-bond donors (Lipinski definition) is 2. The Bertz CT molecular complexity index is 446. The van der Waals surface area contributed by atoms with E-state index in [9.17, 15) is 9.59 Å². The van der Waals surface area contributed by atoms with Crippen LogP contribution in [0.5, 0.6) is 0 Å². The summed E-state index contributed by atoms with van der Waals surface area (Å²) in [7, 11) is 0. The summed E-state index contributed by atoms with van der Waals surface area (Å²) in [6.07, 6.45) is 1.32. The predicted octanol–water partition coefficient (Wildman–Crippen LogP) is 2.63. The molecule has 0 bridgehead atoms. The number of rotatable bonds is 6. The van der Waals surface area contributed by atoms with Crippen LogP contribution in [0.25, 0.3) is 0 Å². The van der Waals surface area contributed by atoms with Crippen LogP contribution >= 0.6 is 11.6 Å². The minimum atomic E-state index is -0.817. The van der Waals surface area contributed by atoms with Crippen molar-refractivity contribution in [2.45, 2.75) is 26.2 Å². The second-order valence-electron chi connectivity index (χ2n) is 4.09. The van der Waals surface area contributed by atoms with Gasteiger partial charge in [0.05, 0.1) is 10.6 Å². The average molecular weight is 270 g/mol. The second-order valence-corrected chi connectivity index (χ2v) is 4.50. The van der Waals surface area contributed by atoms with Crippen LogP contribution in [0.15, 0.2) is 18.2 Å². The summed E-state index contributed by atoms with van der Waals surface area (Å²) in [6.45, 7) is 2.36. The maximum absolute atomic E-state index is 11.8. The number of aryl methyl sites for hydroxylation is 1. The maximum atomic E-state index is 11.8. The van der Waals surface area contributed by atoms with Gasteiger partial charge in [0.2, 0.25) is 0 Å². The molecule has 5 heteroatoms. The number of carbonyl (C=O) groups excluding carboxylic acids is 1. The zero-order valence-electron chi connectivity index (χ0n) is 10.2. The van der Waals surface area contributed by atoms with Gasteiger partial charge in [-0.1, -0.05) is 17.7 Å². The molecule has 0 saturated heterocycles. The summed E-state index contributed by atoms with van der Waals surface area (Å²) in [5.74, 6) is -1.04. The van der Waals surface area contributed by atoms with Crippen LogP contribution in [-0.2, 0) is 4.79 Å². The summed E-state index contributed by atoms with van der Waals surface area (Å²) in [6, 6.07) is 5.25. The SMILES string of the molecule is Cc1ccc(C(=O)NCCCCC(=O)O)c(Cl)c1. The number of carboxylic acid groups (broad SMARTS) is 1. The zero-order valence-corrected chi connectivity index (χ0v) is 11.0. The molecular weight excluding hydrogens is 254 g/mol. The molecule has 1 rings (SSSR count). The summed E-state index contributed by atoms with van der Waals surface area (Å²) < 4.78 is 0. The van der Waals surface area contributed by atoms with Crippen molar-refractivity contribution in [2.24, 2.45) is 0 Å². The van der Waals surface area contributed by atoms with Crippen LogP contribution < -0.4 is 5.32 Å². The molecule has 0 radical (unpaired) electrons. The zero-order chi connectivity index (χ0) is 13.5. The highest BCUT2D eigenvalue weighted by molar-refractivity contribution is 6.33. The maximum Gasteiger partial charge on any atom is 0.303 e. The van der Waals surface area contributed by atoms with Gasteiger partial charge in [-0.25, -0.2) is 0 Å². The van der Waals surface area contributed by atoms with Gasteiger partial charge in [-0.2, -0.15) is 0 Å². The molecule has 0 aromatic heterocycles. The number of hydrogen-bond acceptors (Lipinski definition) is 2. The van der Waals surface area contributed by atoms with Crippen LogP contribution in [0.2, 0.25) is 5.02 Å². The fourth-order valence-corrected chi connectivity index (χ4v) is 1.82. The predicted molar refractivity (Wildman–Crippen MR) is 70.0 cm³/mol. The fourth-order valence-electron chi connectivity index (χ4n) is 1.50. The molecule has 0 saturated carbocycles. The van der Waals surface area contributed by atoms with Crippen LogP contribution in [0.1, 0.15) is 35.2 Å². The normalized spacial score (nSPS) is 10.1. The lowest BCUT2D eigenvalue weighted by molar-refractivity contribution is -0.137. The van der Waals surface area contributed by atoms with E-state index in [0.29, 0.717) is 30.0 Å². The molecule has 1 aromatic carbocycles. The Morgan fingerprint density at radius 2 is 2.06 bits per heavy atom. The lowest BCUT2D eigenvalue weighted by Crippen LogP contribution is -2.24. The Hall–Kier alpha value is -1.55. The molecule has 0 aliphatic heterocycles. The van der Waals surface area contributed by atoms with E-state index in [1.165, 1.54) is 0 Å². The minimum Gasteiger partial charge on any atom is -0.481 e. The molecule has 0 fully saturated rings. The third-order valence-electron chi connectivity index (χ3n) is 2.47. The summed E-state index contributed by atoms with van der Waals surface area (Å²) in [5, 5.41) is 11.6. The van der Waals surface area contributed by atoms with Gasteiger partial charge in [-0.05, 0) is 37.5 Å². The van der Waals surface area contributed by atoms with E-state index in [-0.39, 0.29) is 12.3 Å². The van der Waals surface area contributed by atoms with E-state index >= 15 is 0 Å². The molecule has 0 atom stereocenters. The van der Waals surface area contributed by atoms with Crippen LogP contribution in [-0.4, -0.2) is 23.5 Å². The van der Waals surface area contributed by atoms with Gasteiger partial charge in [-0.15, -0.1) is 0 Å². The third-order valence-corrected chi connectivity index (χ3v) is 2.78. The number of halogens is 1. The van der Waals surface area contributed by atoms with Crippen LogP contribution in [0.4, 0.5) is 0 Å². The Balaban J connectivity index is 2.39. The molecule has 0 aliphatic carbocycles. The monoisotopic (exact) mass is 269 g/mol. The number of unbranched alkanes of at least 4 members (excludes halogenated alkanes) is 1. The largest absolute Gasteiger partial charge is 0.481 e. The number of carboxylic acids is 1. The third kappa shape index (κ3) is 4.75. The van der Waals surface area contributed by atoms with E-state index in [2.05, 4.69) is 5.32 Å². The first-order valence-corrected chi connectivity index (χ1v) is 6.14. The van der Waals surface area contributed by atoms with Crippen LogP contribution in [0.3, 0.4) is 0 Å². The van der Waals surface area contributed by atoms with Crippen molar-refractivity contribution in [3.05, 3.63) is 34.3 Å². The number of benzene rings is 1. The molecule has 0 spiro atoms. The lowest BCUT2D eigenvalue weighted by atomic mass is 10.1. The Labute approximate surface area is 111 Å².